The average molecular weight is 1740 g/mol. The minimum Gasteiger partial charge on any atom is -0.507 e. The van der Waals surface area contributed by atoms with Crippen LogP contribution in [0.2, 0.25) is 0 Å². The molecule has 0 aliphatic heterocycles. The number of Topliss-reactive ketones (excluding diaryl/α,β-unsaturated/α-hetero) is 2. The van der Waals surface area contributed by atoms with E-state index in [0.29, 0.717) is 82.6 Å². The number of amides is 1. The first-order valence-electron chi connectivity index (χ1n) is 44.7. The van der Waals surface area contributed by atoms with E-state index in [4.69, 9.17) is 50.7 Å². The van der Waals surface area contributed by atoms with Gasteiger partial charge >= 0.3 is 5.97 Å². The van der Waals surface area contributed by atoms with Gasteiger partial charge in [0.25, 0.3) is 17.4 Å². The maximum absolute atomic E-state index is 12.6. The molecular weight excluding hydrogens is 1620 g/mol. The van der Waals surface area contributed by atoms with Crippen LogP contribution < -0.4 is 31.0 Å². The molecule has 674 valence electrons. The molecule has 11 N–H and O–H groups in total. The number of ether oxygens (including phenoxy) is 3. The van der Waals surface area contributed by atoms with Crippen LogP contribution in [0.3, 0.4) is 0 Å². The minimum absolute atomic E-state index is 0.00908. The number of hydrogen-bond acceptors (Lipinski definition) is 16. The second-order valence-electron chi connectivity index (χ2n) is 31.4. The van der Waals surface area contributed by atoms with Crippen LogP contribution in [0, 0.1) is 22.0 Å². The number of aromatic amines is 3. The molecule has 23 nitrogen and oxygen atoms in total. The monoisotopic (exact) mass is 1740 g/mol. The number of aromatic hydroxyl groups is 1. The lowest BCUT2D eigenvalue weighted by atomic mass is 9.90. The number of ketones is 2. The lowest BCUT2D eigenvalue weighted by Crippen LogP contribution is -2.22. The number of nitrogens with two attached hydrogens (primary N) is 2. The summed E-state index contributed by atoms with van der Waals surface area (Å²) in [4.78, 5) is 90.9. The molecule has 0 saturated heterocycles. The number of hydrogen-bond donors (Lipinski definition) is 9. The number of nitrogens with one attached hydrogen (secondary N) is 4. The Morgan fingerprint density at radius 3 is 1.19 bits per heavy atom. The van der Waals surface area contributed by atoms with Gasteiger partial charge in [0.1, 0.15) is 77.4 Å². The molecular formula is C106H122N10O13. The van der Waals surface area contributed by atoms with Crippen molar-refractivity contribution in [3.8, 4) is 34.3 Å². The number of aromatic nitrogens is 6. The summed E-state index contributed by atoms with van der Waals surface area (Å²) < 4.78 is 18.0. The summed E-state index contributed by atoms with van der Waals surface area (Å²) >= 11 is 0. The first-order chi connectivity index (χ1) is 62.4. The molecule has 23 heteroatoms. The first kappa shape index (κ1) is 98.6. The van der Waals surface area contributed by atoms with Crippen LogP contribution in [0.5, 0.6) is 23.0 Å². The highest BCUT2D eigenvalue weighted by atomic mass is 16.6. The van der Waals surface area contributed by atoms with Crippen LogP contribution in [0.4, 0.5) is 22.7 Å². The number of benzene rings is 12. The number of H-pyrrole nitrogens is 3. The molecule has 16 rings (SSSR count). The number of aliphatic carboxylic acids is 2. The number of fused-ring (bicyclic) bond motifs is 11. The zero-order chi connectivity index (χ0) is 93.2. The number of carbonyl (C=O) groups is 5. The molecule has 0 radical (unpaired) electrons. The number of carboxylic acids is 2. The van der Waals surface area contributed by atoms with Crippen molar-refractivity contribution in [1.29, 1.82) is 0 Å². The summed E-state index contributed by atoms with van der Waals surface area (Å²) in [7, 11) is 0. The Balaban J connectivity index is 0.000000175. The fourth-order valence-electron chi connectivity index (χ4n) is 15.2. The minimum atomic E-state index is -0.833. The quantitative estimate of drug-likeness (QED) is 0.0105. The number of phenolic OH excluding ortho intramolecular Hbond substituents is 1. The third kappa shape index (κ3) is 25.6. The second kappa shape index (κ2) is 49.0. The van der Waals surface area contributed by atoms with Crippen LogP contribution in [-0.2, 0) is 34.2 Å². The lowest BCUT2D eigenvalue weighted by Gasteiger charge is -2.18. The van der Waals surface area contributed by atoms with Gasteiger partial charge in [-0.1, -0.05) is 302 Å². The number of carboxylic acid groups (broad SMARTS) is 2. The van der Waals surface area contributed by atoms with Crippen molar-refractivity contribution in [2.24, 2.45) is 11.8 Å². The van der Waals surface area contributed by atoms with Gasteiger partial charge in [0, 0.05) is 103 Å². The normalized spacial score (nSPS) is 11.2. The van der Waals surface area contributed by atoms with Crippen LogP contribution in [-0.4, -0.2) is 79.6 Å². The molecule has 0 bridgehead atoms. The molecule has 0 atom stereocenters. The molecule has 3 heterocycles. The van der Waals surface area contributed by atoms with E-state index in [1.807, 2.05) is 179 Å². The number of nitrogen functional groups attached to an aromatic ring is 2. The van der Waals surface area contributed by atoms with E-state index in [1.165, 1.54) is 18.1 Å². The van der Waals surface area contributed by atoms with Gasteiger partial charge in [-0.3, -0.25) is 34.1 Å². The SMILES string of the molecule is CC(=O)O.CCC.CCC(CC)C(=O)Nc1c(N)cc(OCc2ccccc2)c2ccccc12.CCC(CC)C(=O)O.CCC(CC)c1nc2c([nH]1)C(=O)C(=O)c1ccccc1-2.CCC(CC)c1nc2c(cc(O)c3ccccc32)[nH]1.CCC(CC)c1nc2c(cc(OCc3ccccc3)c3ccccc32)[nH]1.Nc1c([N+](=O)[O-])cc(OCc2ccccc2)c2ccccc12. The van der Waals surface area contributed by atoms with Gasteiger partial charge in [-0.25, -0.2) is 15.0 Å². The standard InChI is InChI=1S/C23H26N2O2.C23H24N2O.C17H14N2O3.C16H16N2O2.C16H18N2O.C6H12O2.C3H8.C2H4O2/c1-3-17(4-2)23(26)25-22-19-13-9-8-12-18(19)21(14-20(22)24)27-15-16-10-6-5-7-11-16;1-3-17(4-2)23-24-20-14-21(26-15-16-10-6-5-7-11-16)18-12-8-9-13-19(18)22(20)25-23;18-17-14-9-5-4-8-13(14)16(10-15(17)19(20)21)22-11-12-6-2-1-3-7-12;1-3-9(4-2)16-17-12-10-7-5-6-8-11(10)14(19)15(20)13(12)18-16;1-3-10(4-2)16-17-13-9-14(19)11-7-5-6-8-12(11)15(13)18-16;1-3-5(4-2)6(7)8;1-3-2;1-2(3)4/h5-14,17H,3-4,15,24H2,1-2H3,(H,25,26);5-14,17H,3-4,15H2,1-2H3,(H,24,25);1-10H,11,18H2;5-9H,3-4H2,1-2H3,(H,17,18);5-10,19H,3-4H2,1-2H3,(H,17,18);5H,3-4H2,1-2H3,(H,7,8);3H2,1-2H3;1H3,(H,3,4). The summed E-state index contributed by atoms with van der Waals surface area (Å²) in [5.41, 5.74) is 22.8. The first-order valence-corrected chi connectivity index (χ1v) is 44.7. The zero-order valence-corrected chi connectivity index (χ0v) is 76.2. The number of nitro benzene ring substituents is 1. The molecule has 0 unspecified atom stereocenters. The number of anilines is 3. The van der Waals surface area contributed by atoms with Crippen LogP contribution >= 0.6 is 0 Å². The van der Waals surface area contributed by atoms with Crippen LogP contribution in [0.25, 0.3) is 76.4 Å². The number of carbonyl (C=O) groups excluding carboxylic acids is 3. The third-order valence-electron chi connectivity index (χ3n) is 22.6. The van der Waals surface area contributed by atoms with E-state index in [0.717, 1.165) is 171 Å². The van der Waals surface area contributed by atoms with Crippen molar-refractivity contribution < 1.29 is 58.4 Å². The molecule has 1 amide bonds. The Labute approximate surface area is 754 Å². The van der Waals surface area contributed by atoms with Gasteiger partial charge in [-0.15, -0.1) is 0 Å². The second-order valence-corrected chi connectivity index (χ2v) is 31.4. The van der Waals surface area contributed by atoms with E-state index in [1.54, 1.807) is 36.4 Å². The molecule has 0 fully saturated rings. The number of phenols is 1. The fourth-order valence-corrected chi connectivity index (χ4v) is 15.2. The summed E-state index contributed by atoms with van der Waals surface area (Å²) in [6, 6.07) is 75.4. The number of imidazole rings is 3. The number of rotatable bonds is 26. The highest BCUT2D eigenvalue weighted by molar-refractivity contribution is 6.52. The van der Waals surface area contributed by atoms with Gasteiger partial charge < -0.3 is 61.3 Å². The average Bonchev–Trinajstić information content (AvgIpc) is 1.63. The molecule has 3 aromatic heterocycles. The molecule has 12 aromatic carbocycles. The maximum Gasteiger partial charge on any atom is 0.306 e. The summed E-state index contributed by atoms with van der Waals surface area (Å²) in [6.07, 6.45) is 10.6. The Morgan fingerprint density at radius 2 is 0.775 bits per heavy atom. The highest BCUT2D eigenvalue weighted by Gasteiger charge is 2.34. The van der Waals surface area contributed by atoms with E-state index in [9.17, 15) is 34.4 Å². The topological polar surface area (TPSA) is 367 Å². The van der Waals surface area contributed by atoms with E-state index >= 15 is 0 Å². The van der Waals surface area contributed by atoms with Crippen molar-refractivity contribution in [1.82, 2.24) is 29.9 Å². The largest absolute Gasteiger partial charge is 0.507 e. The smallest absolute Gasteiger partial charge is 0.306 e. The molecule has 1 aliphatic carbocycles. The van der Waals surface area contributed by atoms with E-state index in [2.05, 4.69) is 123 Å². The molecule has 0 spiro atoms. The van der Waals surface area contributed by atoms with E-state index < -0.39 is 28.4 Å². The molecule has 129 heavy (non-hydrogen) atoms. The predicted octanol–water partition coefficient (Wildman–Crippen LogP) is 26.2. The van der Waals surface area contributed by atoms with Gasteiger partial charge in [0.15, 0.2) is 0 Å². The number of nitrogens with zero attached hydrogens (tertiary/aromatic N) is 4. The maximum atomic E-state index is 12.6. The highest BCUT2D eigenvalue weighted by Crippen LogP contribution is 2.42. The van der Waals surface area contributed by atoms with Crippen LogP contribution in [0.15, 0.2) is 237 Å². The lowest BCUT2D eigenvalue weighted by molar-refractivity contribution is -0.383. The summed E-state index contributed by atoms with van der Waals surface area (Å²) in [5, 5.41) is 47.4. The predicted molar refractivity (Wildman–Crippen MR) is 521 cm³/mol. The van der Waals surface area contributed by atoms with Crippen LogP contribution in [0.1, 0.15) is 233 Å². The van der Waals surface area contributed by atoms with E-state index in [-0.39, 0.29) is 35.0 Å². The Morgan fingerprint density at radius 1 is 0.426 bits per heavy atom. The number of nitro groups is 1. The van der Waals surface area contributed by atoms with Gasteiger partial charge in [0.05, 0.1) is 50.3 Å². The van der Waals surface area contributed by atoms with Crippen molar-refractivity contribution in [2.45, 2.75) is 198 Å². The summed E-state index contributed by atoms with van der Waals surface area (Å²) in [5.74, 6) is 3.92. The van der Waals surface area contributed by atoms with Gasteiger partial charge in [-0.2, -0.15) is 0 Å². The van der Waals surface area contributed by atoms with Gasteiger partial charge in [-0.05, 0) is 80.9 Å². The van der Waals surface area contributed by atoms with Gasteiger partial charge in [0.2, 0.25) is 11.7 Å². The Bertz CT molecular complexity index is 6210. The molecule has 0 saturated carbocycles. The summed E-state index contributed by atoms with van der Waals surface area (Å²) in [6.45, 7) is 27.5. The van der Waals surface area contributed by atoms with Crippen molar-refractivity contribution in [3.63, 3.8) is 0 Å². The fraction of sp³-hybridized carbons (Fsp3) is 0.302. The Kier molecular flexibility index (Phi) is 37.5. The van der Waals surface area contributed by atoms with Crippen molar-refractivity contribution in [2.75, 3.05) is 16.8 Å². The third-order valence-corrected chi connectivity index (χ3v) is 22.6. The molecule has 1 aliphatic rings. The van der Waals surface area contributed by atoms with Crippen molar-refractivity contribution >= 4 is 117 Å². The zero-order valence-electron chi connectivity index (χ0n) is 76.2. The molecule has 15 aromatic rings. The van der Waals surface area contributed by atoms with Crippen molar-refractivity contribution in [3.05, 3.63) is 292 Å². The Hall–Kier alpha value is -14.2.